The van der Waals surface area contributed by atoms with E-state index in [4.69, 9.17) is 9.47 Å². The van der Waals surface area contributed by atoms with E-state index >= 15 is 0 Å². The minimum atomic E-state index is -4.04. The Labute approximate surface area is 286 Å². The van der Waals surface area contributed by atoms with Crippen molar-refractivity contribution in [3.8, 4) is 11.5 Å². The lowest BCUT2D eigenvalue weighted by Gasteiger charge is -2.27. The molecule has 1 aliphatic heterocycles. The lowest BCUT2D eigenvalue weighted by atomic mass is 9.96. The second-order valence-electron chi connectivity index (χ2n) is 12.8. The number of sulfonamides is 1. The van der Waals surface area contributed by atoms with Gasteiger partial charge in [-0.05, 0) is 92.5 Å². The molecule has 1 N–H and O–H groups in total. The molecule has 4 aromatic rings. The van der Waals surface area contributed by atoms with Crippen LogP contribution in [0.15, 0.2) is 108 Å². The Morgan fingerprint density at radius 1 is 0.812 bits per heavy atom. The van der Waals surface area contributed by atoms with Gasteiger partial charge in [0.2, 0.25) is 15.9 Å². The maximum absolute atomic E-state index is 14.4. The van der Waals surface area contributed by atoms with Gasteiger partial charge in [-0.25, -0.2) is 8.42 Å². The Kier molecular flexibility index (Phi) is 12.3. The van der Waals surface area contributed by atoms with Crippen LogP contribution in [0.2, 0.25) is 0 Å². The van der Waals surface area contributed by atoms with Crippen molar-refractivity contribution >= 4 is 15.9 Å². The summed E-state index contributed by atoms with van der Waals surface area (Å²) >= 11 is 0. The van der Waals surface area contributed by atoms with Gasteiger partial charge >= 0.3 is 0 Å². The Hall–Kier alpha value is -4.14. The highest BCUT2D eigenvalue weighted by molar-refractivity contribution is 7.89. The first-order valence-electron chi connectivity index (χ1n) is 16.9. The lowest BCUT2D eigenvalue weighted by molar-refractivity contribution is -0.125. The van der Waals surface area contributed by atoms with Gasteiger partial charge in [-0.15, -0.1) is 0 Å². The van der Waals surface area contributed by atoms with E-state index in [1.54, 1.807) is 13.0 Å². The van der Waals surface area contributed by atoms with Gasteiger partial charge in [0.25, 0.3) is 0 Å². The third kappa shape index (κ3) is 9.05. The average molecular weight is 669 g/mol. The molecular formula is C40H48N2O5S. The molecule has 0 bridgehead atoms. The highest BCUT2D eigenvalue weighted by Gasteiger charge is 2.44. The SMILES string of the molecule is COc1cc(S(=O)(=O)N2C[C@H](Cc3ccccc3)C[C@H]2C(=O)NC(CCCc2ccccc2)CCCc2ccccc2)cc(C)c1OC. The van der Waals surface area contributed by atoms with Crippen LogP contribution >= 0.6 is 0 Å². The number of benzene rings is 4. The average Bonchev–Trinajstić information content (AvgIpc) is 3.54. The van der Waals surface area contributed by atoms with Crippen LogP contribution in [0.5, 0.6) is 11.5 Å². The van der Waals surface area contributed by atoms with Crippen LogP contribution in [-0.2, 0) is 34.1 Å². The van der Waals surface area contributed by atoms with E-state index in [9.17, 15) is 13.2 Å². The number of nitrogens with zero attached hydrogens (tertiary/aromatic N) is 1. The standard InChI is InChI=1S/C40H48N2O5S/c1-30-25-36(28-38(46-2)39(30)47-3)48(44,45)42-29-34(26-33-19-11-6-12-20-33)27-37(42)40(43)41-35(23-13-21-31-15-7-4-8-16-31)24-14-22-32-17-9-5-10-18-32/h4-12,15-20,25,28,34-35,37H,13-14,21-24,26-27,29H2,1-3H3,(H,41,43)/t34-,37+/m1/s1. The van der Waals surface area contributed by atoms with Gasteiger partial charge in [0.15, 0.2) is 11.5 Å². The number of carbonyl (C=O) groups excluding carboxylic acids is 1. The Balaban J connectivity index is 1.37. The van der Waals surface area contributed by atoms with Crippen molar-refractivity contribution in [2.24, 2.45) is 5.92 Å². The zero-order valence-corrected chi connectivity index (χ0v) is 29.1. The van der Waals surface area contributed by atoms with Gasteiger partial charge in [-0.3, -0.25) is 4.79 Å². The van der Waals surface area contributed by atoms with Crippen molar-refractivity contribution in [2.75, 3.05) is 20.8 Å². The summed E-state index contributed by atoms with van der Waals surface area (Å²) in [6, 6.07) is 33.1. The molecule has 1 amide bonds. The maximum atomic E-state index is 14.4. The van der Waals surface area contributed by atoms with Crippen LogP contribution in [0.4, 0.5) is 0 Å². The molecule has 0 spiro atoms. The molecule has 0 aromatic heterocycles. The van der Waals surface area contributed by atoms with Crippen molar-refractivity contribution in [3.63, 3.8) is 0 Å². The van der Waals surface area contributed by atoms with E-state index in [2.05, 4.69) is 66.0 Å². The van der Waals surface area contributed by atoms with Crippen molar-refractivity contribution in [2.45, 2.75) is 75.3 Å². The molecule has 2 atom stereocenters. The first-order chi connectivity index (χ1) is 23.3. The summed E-state index contributed by atoms with van der Waals surface area (Å²) in [6.07, 6.45) is 6.48. The smallest absolute Gasteiger partial charge is 0.243 e. The molecule has 254 valence electrons. The zero-order chi connectivity index (χ0) is 33.9. The molecule has 7 nitrogen and oxygen atoms in total. The molecule has 1 aliphatic rings. The molecule has 5 rings (SSSR count). The predicted molar refractivity (Wildman–Crippen MR) is 191 cm³/mol. The molecule has 1 saturated heterocycles. The number of carbonyl (C=O) groups is 1. The van der Waals surface area contributed by atoms with E-state index in [1.165, 1.54) is 35.7 Å². The topological polar surface area (TPSA) is 84.9 Å². The van der Waals surface area contributed by atoms with Crippen molar-refractivity contribution in [1.29, 1.82) is 0 Å². The summed E-state index contributed by atoms with van der Waals surface area (Å²) in [5.41, 5.74) is 4.32. The third-order valence-electron chi connectivity index (χ3n) is 9.33. The molecule has 48 heavy (non-hydrogen) atoms. The van der Waals surface area contributed by atoms with Gasteiger partial charge in [0.05, 0.1) is 19.1 Å². The van der Waals surface area contributed by atoms with E-state index in [0.29, 0.717) is 29.9 Å². The van der Waals surface area contributed by atoms with Crippen LogP contribution in [-0.4, -0.2) is 51.5 Å². The summed E-state index contributed by atoms with van der Waals surface area (Å²) in [7, 11) is -1.02. The number of hydrogen-bond acceptors (Lipinski definition) is 5. The highest BCUT2D eigenvalue weighted by atomic mass is 32.2. The van der Waals surface area contributed by atoms with E-state index in [0.717, 1.165) is 44.1 Å². The second kappa shape index (κ2) is 16.8. The summed E-state index contributed by atoms with van der Waals surface area (Å²) in [6.45, 7) is 2.05. The Morgan fingerprint density at radius 2 is 1.35 bits per heavy atom. The van der Waals surface area contributed by atoms with Crippen LogP contribution in [0.25, 0.3) is 0 Å². The fraction of sp³-hybridized carbons (Fsp3) is 0.375. The number of hydrogen-bond donors (Lipinski definition) is 1. The summed E-state index contributed by atoms with van der Waals surface area (Å²) < 4.78 is 41.1. The molecule has 0 unspecified atom stereocenters. The largest absolute Gasteiger partial charge is 0.493 e. The summed E-state index contributed by atoms with van der Waals surface area (Å²) in [5.74, 6) is 0.599. The van der Waals surface area contributed by atoms with Crippen LogP contribution in [0.1, 0.15) is 54.4 Å². The minimum Gasteiger partial charge on any atom is -0.493 e. The van der Waals surface area contributed by atoms with Gasteiger partial charge in [-0.2, -0.15) is 4.31 Å². The fourth-order valence-corrected chi connectivity index (χ4v) is 8.65. The van der Waals surface area contributed by atoms with Gasteiger partial charge in [0.1, 0.15) is 6.04 Å². The Morgan fingerprint density at radius 3 is 1.88 bits per heavy atom. The van der Waals surface area contributed by atoms with Crippen LogP contribution in [0.3, 0.4) is 0 Å². The first kappa shape index (κ1) is 35.2. The van der Waals surface area contributed by atoms with Crippen LogP contribution in [0, 0.1) is 12.8 Å². The molecule has 1 fully saturated rings. The summed E-state index contributed by atoms with van der Waals surface area (Å²) in [5, 5.41) is 3.33. The minimum absolute atomic E-state index is 0.00576. The number of nitrogens with one attached hydrogen (secondary N) is 1. The highest BCUT2D eigenvalue weighted by Crippen LogP contribution is 2.37. The van der Waals surface area contributed by atoms with Crippen molar-refractivity contribution in [1.82, 2.24) is 9.62 Å². The van der Waals surface area contributed by atoms with Gasteiger partial charge < -0.3 is 14.8 Å². The van der Waals surface area contributed by atoms with Gasteiger partial charge in [0, 0.05) is 18.7 Å². The number of rotatable bonds is 16. The molecular weight excluding hydrogens is 621 g/mol. The van der Waals surface area contributed by atoms with Crippen molar-refractivity contribution < 1.29 is 22.7 Å². The Bertz CT molecular complexity index is 1670. The van der Waals surface area contributed by atoms with E-state index in [1.807, 2.05) is 30.3 Å². The monoisotopic (exact) mass is 668 g/mol. The van der Waals surface area contributed by atoms with E-state index in [-0.39, 0.29) is 29.3 Å². The predicted octanol–water partition coefficient (Wildman–Crippen LogP) is 7.16. The lowest BCUT2D eigenvalue weighted by Crippen LogP contribution is -2.48. The van der Waals surface area contributed by atoms with Gasteiger partial charge in [-0.1, -0.05) is 91.0 Å². The normalized spacial score (nSPS) is 16.6. The zero-order valence-electron chi connectivity index (χ0n) is 28.3. The third-order valence-corrected chi connectivity index (χ3v) is 11.2. The number of methoxy groups -OCH3 is 2. The van der Waals surface area contributed by atoms with Crippen LogP contribution < -0.4 is 14.8 Å². The first-order valence-corrected chi connectivity index (χ1v) is 18.4. The molecule has 0 radical (unpaired) electrons. The second-order valence-corrected chi connectivity index (χ2v) is 14.7. The number of aryl methyl sites for hydroxylation is 3. The summed E-state index contributed by atoms with van der Waals surface area (Å²) in [4.78, 5) is 14.3. The maximum Gasteiger partial charge on any atom is 0.243 e. The fourth-order valence-electron chi connectivity index (χ4n) is 6.88. The quantitative estimate of drug-likeness (QED) is 0.137. The molecule has 1 heterocycles. The molecule has 8 heteroatoms. The number of ether oxygens (including phenoxy) is 2. The molecule has 4 aromatic carbocycles. The number of amides is 1. The molecule has 0 aliphatic carbocycles. The van der Waals surface area contributed by atoms with Crippen molar-refractivity contribution in [3.05, 3.63) is 125 Å². The molecule has 0 saturated carbocycles. The van der Waals surface area contributed by atoms with E-state index < -0.39 is 16.1 Å².